The third-order valence-corrected chi connectivity index (χ3v) is 3.57. The summed E-state index contributed by atoms with van der Waals surface area (Å²) < 4.78 is 19.0. The number of aryl methyl sites for hydroxylation is 1. The number of hydrogen-bond acceptors (Lipinski definition) is 6. The Balaban J connectivity index is 1.74. The van der Waals surface area contributed by atoms with Gasteiger partial charge in [0, 0.05) is 12.1 Å². The van der Waals surface area contributed by atoms with Gasteiger partial charge in [0.2, 0.25) is 5.95 Å². The van der Waals surface area contributed by atoms with Crippen LogP contribution in [0.25, 0.3) is 0 Å². The number of hydrogen-bond donors (Lipinski definition) is 2. The van der Waals surface area contributed by atoms with Gasteiger partial charge in [0.1, 0.15) is 11.6 Å². The number of nitrogens with zero attached hydrogens (tertiary/aromatic N) is 3. The monoisotopic (exact) mass is 339 g/mol. The highest BCUT2D eigenvalue weighted by atomic mass is 19.1. The van der Waals surface area contributed by atoms with E-state index < -0.39 is 0 Å². The van der Waals surface area contributed by atoms with Gasteiger partial charge in [0.15, 0.2) is 5.82 Å². The number of methoxy groups -OCH3 is 1. The lowest BCUT2D eigenvalue weighted by molar-refractivity contribution is 0.416. The maximum Gasteiger partial charge on any atom is 0.244 e. The molecule has 2 aromatic carbocycles. The number of aromatic nitrogens is 3. The normalized spacial score (nSPS) is 10.4. The lowest BCUT2D eigenvalue weighted by atomic mass is 10.2. The van der Waals surface area contributed by atoms with Gasteiger partial charge in [-0.15, -0.1) is 5.10 Å². The fourth-order valence-electron chi connectivity index (χ4n) is 2.31. The van der Waals surface area contributed by atoms with Gasteiger partial charge in [-0.25, -0.2) is 4.39 Å². The van der Waals surface area contributed by atoms with Crippen LogP contribution in [0.2, 0.25) is 0 Å². The Bertz CT molecular complexity index is 872. The molecule has 0 unspecified atom stereocenters. The Morgan fingerprint density at radius 1 is 1.16 bits per heavy atom. The van der Waals surface area contributed by atoms with E-state index in [4.69, 9.17) is 4.74 Å². The molecule has 2 N–H and O–H groups in total. The third kappa shape index (κ3) is 4.20. The number of ether oxygens (including phenoxy) is 1. The molecular formula is C18H18FN5O. The van der Waals surface area contributed by atoms with Crippen LogP contribution < -0.4 is 15.4 Å². The first-order valence-electron chi connectivity index (χ1n) is 7.74. The highest BCUT2D eigenvalue weighted by molar-refractivity contribution is 5.65. The van der Waals surface area contributed by atoms with Crippen LogP contribution in [0.15, 0.2) is 48.7 Å². The van der Waals surface area contributed by atoms with Crippen molar-refractivity contribution in [2.24, 2.45) is 0 Å². The first kappa shape index (κ1) is 16.6. The van der Waals surface area contributed by atoms with Gasteiger partial charge in [-0.05, 0) is 30.7 Å². The lowest BCUT2D eigenvalue weighted by Gasteiger charge is -2.12. The largest absolute Gasteiger partial charge is 0.495 e. The van der Waals surface area contributed by atoms with E-state index in [9.17, 15) is 4.39 Å². The maximum absolute atomic E-state index is 13.7. The molecular weight excluding hydrogens is 321 g/mol. The highest BCUT2D eigenvalue weighted by Gasteiger charge is 2.07. The van der Waals surface area contributed by atoms with Crippen molar-refractivity contribution in [2.45, 2.75) is 13.5 Å². The van der Waals surface area contributed by atoms with Crippen molar-refractivity contribution in [1.82, 2.24) is 15.2 Å². The molecule has 7 heteroatoms. The van der Waals surface area contributed by atoms with Crippen molar-refractivity contribution in [2.75, 3.05) is 17.7 Å². The van der Waals surface area contributed by atoms with Crippen molar-refractivity contribution < 1.29 is 9.13 Å². The Hall–Kier alpha value is -3.22. The summed E-state index contributed by atoms with van der Waals surface area (Å²) in [6.45, 7) is 2.26. The van der Waals surface area contributed by atoms with E-state index in [1.807, 2.05) is 25.1 Å². The van der Waals surface area contributed by atoms with E-state index in [0.29, 0.717) is 23.1 Å². The van der Waals surface area contributed by atoms with E-state index in [-0.39, 0.29) is 12.4 Å². The highest BCUT2D eigenvalue weighted by Crippen LogP contribution is 2.27. The summed E-state index contributed by atoms with van der Waals surface area (Å²) in [5.41, 5.74) is 2.40. The molecule has 0 radical (unpaired) electrons. The molecule has 0 fully saturated rings. The van der Waals surface area contributed by atoms with Gasteiger partial charge in [-0.3, -0.25) is 0 Å². The second-order valence-electron chi connectivity index (χ2n) is 5.44. The van der Waals surface area contributed by atoms with E-state index in [2.05, 4.69) is 25.8 Å². The standard InChI is InChI=1S/C18H18FN5O/c1-12-7-8-16(25-2)15(9-12)22-17-11-21-24-18(23-17)20-10-13-5-3-4-6-14(13)19/h3-9,11H,10H2,1-2H3,(H2,20,22,23,24). The topological polar surface area (TPSA) is 72.0 Å². The van der Waals surface area contributed by atoms with E-state index in [1.54, 1.807) is 25.3 Å². The molecule has 0 saturated carbocycles. The van der Waals surface area contributed by atoms with Crippen LogP contribution in [0.4, 0.5) is 21.8 Å². The summed E-state index contributed by atoms with van der Waals surface area (Å²) in [5.74, 6) is 1.24. The number of rotatable bonds is 6. The number of halogens is 1. The summed E-state index contributed by atoms with van der Waals surface area (Å²) in [7, 11) is 1.61. The minimum atomic E-state index is -0.276. The van der Waals surface area contributed by atoms with E-state index >= 15 is 0 Å². The van der Waals surface area contributed by atoms with Gasteiger partial charge < -0.3 is 15.4 Å². The van der Waals surface area contributed by atoms with Gasteiger partial charge in [-0.1, -0.05) is 24.3 Å². The molecule has 6 nitrogen and oxygen atoms in total. The lowest BCUT2D eigenvalue weighted by Crippen LogP contribution is -2.07. The predicted octanol–water partition coefficient (Wildman–Crippen LogP) is 3.68. The van der Waals surface area contributed by atoms with Gasteiger partial charge in [0.25, 0.3) is 0 Å². The quantitative estimate of drug-likeness (QED) is 0.714. The van der Waals surface area contributed by atoms with Crippen LogP contribution in [0.5, 0.6) is 5.75 Å². The van der Waals surface area contributed by atoms with Crippen LogP contribution in [0.1, 0.15) is 11.1 Å². The molecule has 0 spiro atoms. The zero-order chi connectivity index (χ0) is 17.6. The van der Waals surface area contributed by atoms with Crippen LogP contribution >= 0.6 is 0 Å². The molecule has 0 saturated heterocycles. The van der Waals surface area contributed by atoms with Crippen molar-refractivity contribution in [3.63, 3.8) is 0 Å². The van der Waals surface area contributed by atoms with Crippen molar-refractivity contribution in [1.29, 1.82) is 0 Å². The SMILES string of the molecule is COc1ccc(C)cc1Nc1cnnc(NCc2ccccc2F)n1. The van der Waals surface area contributed by atoms with E-state index in [1.165, 1.54) is 12.3 Å². The summed E-state index contributed by atoms with van der Waals surface area (Å²) >= 11 is 0. The Morgan fingerprint density at radius 3 is 2.80 bits per heavy atom. The smallest absolute Gasteiger partial charge is 0.244 e. The number of anilines is 3. The molecule has 0 aliphatic heterocycles. The average molecular weight is 339 g/mol. The Morgan fingerprint density at radius 2 is 2.00 bits per heavy atom. The minimum absolute atomic E-state index is 0.269. The van der Waals surface area contributed by atoms with Crippen LogP contribution in [-0.2, 0) is 6.54 Å². The molecule has 25 heavy (non-hydrogen) atoms. The zero-order valence-corrected chi connectivity index (χ0v) is 14.0. The Labute approximate surface area is 145 Å². The van der Waals surface area contributed by atoms with Crippen molar-refractivity contribution in [3.8, 4) is 5.75 Å². The van der Waals surface area contributed by atoms with Gasteiger partial charge in [-0.2, -0.15) is 10.1 Å². The molecule has 0 atom stereocenters. The molecule has 1 heterocycles. The first-order valence-corrected chi connectivity index (χ1v) is 7.74. The molecule has 0 bridgehead atoms. The zero-order valence-electron chi connectivity index (χ0n) is 14.0. The summed E-state index contributed by atoms with van der Waals surface area (Å²) in [6.07, 6.45) is 1.51. The summed E-state index contributed by atoms with van der Waals surface area (Å²) in [6, 6.07) is 12.3. The molecule has 3 aromatic rings. The predicted molar refractivity (Wildman–Crippen MR) is 94.6 cm³/mol. The van der Waals surface area contributed by atoms with Gasteiger partial charge in [0.05, 0.1) is 19.0 Å². The van der Waals surface area contributed by atoms with Crippen LogP contribution in [-0.4, -0.2) is 22.3 Å². The molecule has 128 valence electrons. The third-order valence-electron chi connectivity index (χ3n) is 3.57. The fraction of sp³-hybridized carbons (Fsp3) is 0.167. The number of benzene rings is 2. The van der Waals surface area contributed by atoms with Crippen LogP contribution in [0.3, 0.4) is 0 Å². The van der Waals surface area contributed by atoms with Crippen LogP contribution in [0, 0.1) is 12.7 Å². The molecule has 0 aliphatic rings. The summed E-state index contributed by atoms with van der Waals surface area (Å²) in [5, 5.41) is 14.0. The summed E-state index contributed by atoms with van der Waals surface area (Å²) in [4.78, 5) is 4.34. The molecule has 3 rings (SSSR count). The number of nitrogens with one attached hydrogen (secondary N) is 2. The van der Waals surface area contributed by atoms with E-state index in [0.717, 1.165) is 11.3 Å². The second-order valence-corrected chi connectivity index (χ2v) is 5.44. The Kier molecular flexibility index (Phi) is 5.03. The molecule has 1 aromatic heterocycles. The van der Waals surface area contributed by atoms with Crippen molar-refractivity contribution in [3.05, 3.63) is 65.6 Å². The van der Waals surface area contributed by atoms with Gasteiger partial charge >= 0.3 is 0 Å². The maximum atomic E-state index is 13.7. The second kappa shape index (κ2) is 7.57. The molecule has 0 aliphatic carbocycles. The van der Waals surface area contributed by atoms with Crippen molar-refractivity contribution >= 4 is 17.5 Å². The first-order chi connectivity index (χ1) is 12.2. The fourth-order valence-corrected chi connectivity index (χ4v) is 2.31. The average Bonchev–Trinajstić information content (AvgIpc) is 2.62. The molecule has 0 amide bonds. The minimum Gasteiger partial charge on any atom is -0.495 e.